The Morgan fingerprint density at radius 1 is 1.43 bits per heavy atom. The molecule has 0 amide bonds. The summed E-state index contributed by atoms with van der Waals surface area (Å²) in [4.78, 5) is 2.53. The summed E-state index contributed by atoms with van der Waals surface area (Å²) in [7, 11) is 2.00. The first-order valence-corrected chi connectivity index (χ1v) is 8.37. The molecule has 1 saturated heterocycles. The average molecular weight is 311 g/mol. The summed E-state index contributed by atoms with van der Waals surface area (Å²) in [6, 6.07) is 8.39. The second kappa shape index (κ2) is 8.74. The highest BCUT2D eigenvalue weighted by Gasteiger charge is 2.20. The SMILES string of the molecule is CNC(CCN1CCCC(CCO)C1)c1ccccc1Cl. The summed E-state index contributed by atoms with van der Waals surface area (Å²) in [6.07, 6.45) is 4.51. The van der Waals surface area contributed by atoms with E-state index in [0.717, 1.165) is 31.0 Å². The molecule has 2 unspecified atom stereocenters. The topological polar surface area (TPSA) is 35.5 Å². The molecule has 1 fully saturated rings. The molecule has 1 aliphatic heterocycles. The molecule has 2 atom stereocenters. The van der Waals surface area contributed by atoms with Crippen LogP contribution in [0, 0.1) is 5.92 Å². The Morgan fingerprint density at radius 3 is 2.95 bits per heavy atom. The van der Waals surface area contributed by atoms with Crippen LogP contribution in [0.3, 0.4) is 0 Å². The van der Waals surface area contributed by atoms with Crippen molar-refractivity contribution in [3.63, 3.8) is 0 Å². The minimum atomic E-state index is 0.303. The number of hydrogen-bond donors (Lipinski definition) is 2. The highest BCUT2D eigenvalue weighted by molar-refractivity contribution is 6.31. The summed E-state index contributed by atoms with van der Waals surface area (Å²) in [5.41, 5.74) is 1.19. The summed E-state index contributed by atoms with van der Waals surface area (Å²) >= 11 is 6.30. The third-order valence-corrected chi connectivity index (χ3v) is 4.85. The van der Waals surface area contributed by atoms with Crippen molar-refractivity contribution in [1.82, 2.24) is 10.2 Å². The fourth-order valence-corrected chi connectivity index (χ4v) is 3.56. The van der Waals surface area contributed by atoms with Crippen LogP contribution in [0.1, 0.15) is 37.3 Å². The molecule has 118 valence electrons. The Kier molecular flexibility index (Phi) is 6.97. The van der Waals surface area contributed by atoms with Crippen LogP contribution in [0.4, 0.5) is 0 Å². The molecular weight excluding hydrogens is 284 g/mol. The van der Waals surface area contributed by atoms with Crippen molar-refractivity contribution in [2.75, 3.05) is 33.3 Å². The largest absolute Gasteiger partial charge is 0.396 e. The van der Waals surface area contributed by atoms with Gasteiger partial charge in [-0.05, 0) is 63.4 Å². The van der Waals surface area contributed by atoms with Crippen LogP contribution in [0.25, 0.3) is 0 Å². The number of piperidine rings is 1. The smallest absolute Gasteiger partial charge is 0.0453 e. The first kappa shape index (κ1) is 16.8. The first-order valence-electron chi connectivity index (χ1n) is 7.99. The van der Waals surface area contributed by atoms with E-state index < -0.39 is 0 Å². The van der Waals surface area contributed by atoms with Crippen molar-refractivity contribution in [3.8, 4) is 0 Å². The van der Waals surface area contributed by atoms with Gasteiger partial charge in [-0.3, -0.25) is 0 Å². The summed E-state index contributed by atoms with van der Waals surface area (Å²) < 4.78 is 0. The van der Waals surface area contributed by atoms with Gasteiger partial charge in [-0.2, -0.15) is 0 Å². The van der Waals surface area contributed by atoms with Crippen molar-refractivity contribution in [1.29, 1.82) is 0 Å². The zero-order valence-corrected chi connectivity index (χ0v) is 13.6. The van der Waals surface area contributed by atoms with Crippen molar-refractivity contribution in [2.24, 2.45) is 5.92 Å². The molecule has 1 aliphatic rings. The van der Waals surface area contributed by atoms with Crippen LogP contribution < -0.4 is 5.32 Å². The number of likely N-dealkylation sites (tertiary alicyclic amines) is 1. The van der Waals surface area contributed by atoms with Gasteiger partial charge in [0.2, 0.25) is 0 Å². The fourth-order valence-electron chi connectivity index (χ4n) is 3.30. The van der Waals surface area contributed by atoms with E-state index in [2.05, 4.69) is 16.3 Å². The van der Waals surface area contributed by atoms with E-state index in [9.17, 15) is 0 Å². The van der Waals surface area contributed by atoms with E-state index in [1.165, 1.54) is 24.9 Å². The van der Waals surface area contributed by atoms with E-state index >= 15 is 0 Å². The van der Waals surface area contributed by atoms with Gasteiger partial charge in [-0.1, -0.05) is 29.8 Å². The normalized spacial score (nSPS) is 21.4. The van der Waals surface area contributed by atoms with Crippen LogP contribution in [0.5, 0.6) is 0 Å². The Bertz CT molecular complexity index is 425. The fraction of sp³-hybridized carbons (Fsp3) is 0.647. The number of nitrogens with one attached hydrogen (secondary N) is 1. The van der Waals surface area contributed by atoms with Crippen molar-refractivity contribution >= 4 is 11.6 Å². The van der Waals surface area contributed by atoms with Crippen LogP contribution in [-0.4, -0.2) is 43.3 Å². The van der Waals surface area contributed by atoms with Gasteiger partial charge in [0.25, 0.3) is 0 Å². The van der Waals surface area contributed by atoms with Crippen LogP contribution >= 0.6 is 11.6 Å². The number of halogens is 1. The number of rotatable bonds is 7. The van der Waals surface area contributed by atoms with Crippen molar-refractivity contribution < 1.29 is 5.11 Å². The van der Waals surface area contributed by atoms with E-state index in [1.54, 1.807) is 0 Å². The molecule has 0 aromatic heterocycles. The van der Waals surface area contributed by atoms with Crippen LogP contribution in [0.2, 0.25) is 5.02 Å². The van der Waals surface area contributed by atoms with Gasteiger partial charge < -0.3 is 15.3 Å². The lowest BCUT2D eigenvalue weighted by molar-refractivity contribution is 0.143. The number of aliphatic hydroxyl groups is 1. The highest BCUT2D eigenvalue weighted by atomic mass is 35.5. The van der Waals surface area contributed by atoms with Gasteiger partial charge >= 0.3 is 0 Å². The zero-order valence-electron chi connectivity index (χ0n) is 12.9. The number of nitrogens with zero attached hydrogens (tertiary/aromatic N) is 1. The van der Waals surface area contributed by atoms with Gasteiger partial charge in [0.15, 0.2) is 0 Å². The molecule has 0 aliphatic carbocycles. The van der Waals surface area contributed by atoms with Gasteiger partial charge in [-0.25, -0.2) is 0 Å². The minimum Gasteiger partial charge on any atom is -0.396 e. The Morgan fingerprint density at radius 2 is 2.24 bits per heavy atom. The summed E-state index contributed by atoms with van der Waals surface area (Å²) in [5.74, 6) is 0.664. The number of hydrogen-bond acceptors (Lipinski definition) is 3. The molecule has 1 aromatic rings. The molecule has 2 rings (SSSR count). The van der Waals surface area contributed by atoms with Crippen LogP contribution in [0.15, 0.2) is 24.3 Å². The average Bonchev–Trinajstić information content (AvgIpc) is 2.50. The van der Waals surface area contributed by atoms with E-state index in [0.29, 0.717) is 18.6 Å². The van der Waals surface area contributed by atoms with E-state index in [4.69, 9.17) is 16.7 Å². The molecule has 4 heteroatoms. The van der Waals surface area contributed by atoms with Gasteiger partial charge in [0.05, 0.1) is 0 Å². The molecule has 0 bridgehead atoms. The maximum absolute atomic E-state index is 9.10. The van der Waals surface area contributed by atoms with Gasteiger partial charge in [-0.15, -0.1) is 0 Å². The Balaban J connectivity index is 1.87. The monoisotopic (exact) mass is 310 g/mol. The highest BCUT2D eigenvalue weighted by Crippen LogP contribution is 2.26. The maximum Gasteiger partial charge on any atom is 0.0453 e. The molecule has 0 radical (unpaired) electrons. The lowest BCUT2D eigenvalue weighted by atomic mass is 9.94. The molecule has 1 aromatic carbocycles. The third-order valence-electron chi connectivity index (χ3n) is 4.50. The van der Waals surface area contributed by atoms with Crippen molar-refractivity contribution in [2.45, 2.75) is 31.7 Å². The molecule has 1 heterocycles. The van der Waals surface area contributed by atoms with Crippen LogP contribution in [-0.2, 0) is 0 Å². The quantitative estimate of drug-likeness (QED) is 0.812. The first-order chi connectivity index (χ1) is 10.2. The number of benzene rings is 1. The standard InChI is InChI=1S/C17H27ClN2O/c1-19-17(15-6-2-3-7-16(15)18)8-11-20-10-4-5-14(13-20)9-12-21/h2-3,6-7,14,17,19,21H,4-5,8-13H2,1H3. The molecule has 0 saturated carbocycles. The maximum atomic E-state index is 9.10. The number of aliphatic hydroxyl groups excluding tert-OH is 1. The second-order valence-corrected chi connectivity index (χ2v) is 6.38. The van der Waals surface area contributed by atoms with Crippen molar-refractivity contribution in [3.05, 3.63) is 34.9 Å². The van der Waals surface area contributed by atoms with Gasteiger partial charge in [0, 0.05) is 24.2 Å². The Hall–Kier alpha value is -0.610. The lowest BCUT2D eigenvalue weighted by Crippen LogP contribution is -2.37. The summed E-state index contributed by atoms with van der Waals surface area (Å²) in [5, 5.41) is 13.3. The molecule has 21 heavy (non-hydrogen) atoms. The lowest BCUT2D eigenvalue weighted by Gasteiger charge is -2.33. The summed E-state index contributed by atoms with van der Waals surface area (Å²) in [6.45, 7) is 3.70. The molecule has 3 nitrogen and oxygen atoms in total. The molecule has 0 spiro atoms. The van der Waals surface area contributed by atoms with Gasteiger partial charge in [0.1, 0.15) is 0 Å². The second-order valence-electron chi connectivity index (χ2n) is 5.97. The Labute approximate surface area is 133 Å². The van der Waals surface area contributed by atoms with E-state index in [1.807, 2.05) is 25.2 Å². The van der Waals surface area contributed by atoms with E-state index in [-0.39, 0.29) is 0 Å². The molecular formula is C17H27ClN2O. The minimum absolute atomic E-state index is 0.303. The predicted molar refractivity (Wildman–Crippen MR) is 88.7 cm³/mol. The third kappa shape index (κ3) is 4.96. The molecule has 2 N–H and O–H groups in total. The zero-order chi connectivity index (χ0) is 15.1. The predicted octanol–water partition coefficient (Wildman–Crippen LogP) is 3.09.